The molecule has 0 amide bonds. The zero-order chi connectivity index (χ0) is 7.56. The quantitative estimate of drug-likeness (QED) is 0.568. The SMILES string of the molecule is C[C@H]1CCC[C@@H]1CN(C)C. The van der Waals surface area contributed by atoms with Crippen LogP contribution in [0.4, 0.5) is 0 Å². The smallest absolute Gasteiger partial charge is 0.000610 e. The van der Waals surface area contributed by atoms with E-state index in [4.69, 9.17) is 0 Å². The summed E-state index contributed by atoms with van der Waals surface area (Å²) in [6.07, 6.45) is 4.37. The Labute approximate surface area is 64.4 Å². The van der Waals surface area contributed by atoms with Crippen molar-refractivity contribution in [1.82, 2.24) is 4.90 Å². The molecule has 2 atom stereocenters. The Morgan fingerprint density at radius 3 is 2.40 bits per heavy atom. The fraction of sp³-hybridized carbons (Fsp3) is 1.00. The molecule has 10 heavy (non-hydrogen) atoms. The first kappa shape index (κ1) is 8.06. The second-order valence-electron chi connectivity index (χ2n) is 3.93. The molecule has 1 rings (SSSR count). The summed E-state index contributed by atoms with van der Waals surface area (Å²) < 4.78 is 0. The van der Waals surface area contributed by atoms with E-state index in [1.54, 1.807) is 0 Å². The lowest BCUT2D eigenvalue weighted by atomic mass is 9.98. The van der Waals surface area contributed by atoms with Gasteiger partial charge in [0, 0.05) is 6.54 Å². The van der Waals surface area contributed by atoms with Crippen LogP contribution in [0.1, 0.15) is 26.2 Å². The Bertz CT molecular complexity index is 98.9. The van der Waals surface area contributed by atoms with Gasteiger partial charge in [0.1, 0.15) is 0 Å². The van der Waals surface area contributed by atoms with E-state index in [2.05, 4.69) is 25.9 Å². The normalized spacial score (nSPS) is 33.6. The molecule has 0 unspecified atom stereocenters. The molecule has 1 aliphatic carbocycles. The summed E-state index contributed by atoms with van der Waals surface area (Å²) in [6, 6.07) is 0. The lowest BCUT2D eigenvalue weighted by molar-refractivity contribution is 0.286. The number of rotatable bonds is 2. The molecular formula is C9H19N. The molecule has 0 saturated heterocycles. The van der Waals surface area contributed by atoms with Crippen molar-refractivity contribution in [2.24, 2.45) is 11.8 Å². The van der Waals surface area contributed by atoms with E-state index in [1.165, 1.54) is 25.8 Å². The van der Waals surface area contributed by atoms with Gasteiger partial charge in [-0.05, 0) is 32.4 Å². The minimum absolute atomic E-state index is 0.974. The molecule has 0 aromatic rings. The van der Waals surface area contributed by atoms with Gasteiger partial charge in [-0.15, -0.1) is 0 Å². The van der Waals surface area contributed by atoms with Gasteiger partial charge in [0.15, 0.2) is 0 Å². The first-order valence-corrected chi connectivity index (χ1v) is 4.35. The number of nitrogens with zero attached hydrogens (tertiary/aromatic N) is 1. The van der Waals surface area contributed by atoms with Crippen molar-refractivity contribution in [1.29, 1.82) is 0 Å². The van der Waals surface area contributed by atoms with Gasteiger partial charge in [-0.25, -0.2) is 0 Å². The number of hydrogen-bond acceptors (Lipinski definition) is 1. The standard InChI is InChI=1S/C9H19N/c1-8-5-4-6-9(8)7-10(2)3/h8-9H,4-7H2,1-3H3/t8-,9+/m0/s1. The zero-order valence-electron chi connectivity index (χ0n) is 7.43. The highest BCUT2D eigenvalue weighted by atomic mass is 15.1. The van der Waals surface area contributed by atoms with Gasteiger partial charge in [0.25, 0.3) is 0 Å². The molecule has 0 heterocycles. The lowest BCUT2D eigenvalue weighted by Gasteiger charge is -2.19. The molecule has 1 heteroatoms. The van der Waals surface area contributed by atoms with Crippen molar-refractivity contribution in [3.05, 3.63) is 0 Å². The predicted octanol–water partition coefficient (Wildman–Crippen LogP) is 1.98. The summed E-state index contributed by atoms with van der Waals surface area (Å²) in [7, 11) is 4.34. The van der Waals surface area contributed by atoms with Gasteiger partial charge in [0.05, 0.1) is 0 Å². The van der Waals surface area contributed by atoms with Crippen molar-refractivity contribution in [3.63, 3.8) is 0 Å². The van der Waals surface area contributed by atoms with Crippen LogP contribution in [0, 0.1) is 11.8 Å². The third-order valence-corrected chi connectivity index (χ3v) is 2.64. The van der Waals surface area contributed by atoms with E-state index in [9.17, 15) is 0 Å². The van der Waals surface area contributed by atoms with Gasteiger partial charge < -0.3 is 4.90 Å². The van der Waals surface area contributed by atoms with Crippen LogP contribution in [0.3, 0.4) is 0 Å². The molecule has 1 saturated carbocycles. The topological polar surface area (TPSA) is 3.24 Å². The summed E-state index contributed by atoms with van der Waals surface area (Å²) in [4.78, 5) is 2.31. The summed E-state index contributed by atoms with van der Waals surface area (Å²) >= 11 is 0. The van der Waals surface area contributed by atoms with Gasteiger partial charge in [-0.1, -0.05) is 19.8 Å². The third kappa shape index (κ3) is 1.98. The Kier molecular flexibility index (Phi) is 2.72. The van der Waals surface area contributed by atoms with Crippen LogP contribution in [0.5, 0.6) is 0 Å². The molecule has 0 aromatic carbocycles. The third-order valence-electron chi connectivity index (χ3n) is 2.64. The van der Waals surface area contributed by atoms with E-state index < -0.39 is 0 Å². The summed E-state index contributed by atoms with van der Waals surface area (Å²) in [5.41, 5.74) is 0. The zero-order valence-corrected chi connectivity index (χ0v) is 7.43. The minimum atomic E-state index is 0.974. The van der Waals surface area contributed by atoms with E-state index in [0.29, 0.717) is 0 Å². The minimum Gasteiger partial charge on any atom is -0.309 e. The van der Waals surface area contributed by atoms with Crippen molar-refractivity contribution < 1.29 is 0 Å². The highest BCUT2D eigenvalue weighted by Crippen LogP contribution is 2.31. The van der Waals surface area contributed by atoms with Crippen LogP contribution in [-0.4, -0.2) is 25.5 Å². The highest BCUT2D eigenvalue weighted by Gasteiger charge is 2.23. The van der Waals surface area contributed by atoms with Crippen molar-refractivity contribution in [2.75, 3.05) is 20.6 Å². The van der Waals surface area contributed by atoms with Crippen molar-refractivity contribution in [3.8, 4) is 0 Å². The van der Waals surface area contributed by atoms with Gasteiger partial charge in [0.2, 0.25) is 0 Å². The predicted molar refractivity (Wildman–Crippen MR) is 45.1 cm³/mol. The largest absolute Gasteiger partial charge is 0.309 e. The molecule has 1 aliphatic rings. The fourth-order valence-electron chi connectivity index (χ4n) is 1.96. The molecule has 0 aromatic heterocycles. The average molecular weight is 141 g/mol. The molecule has 0 aliphatic heterocycles. The molecular weight excluding hydrogens is 122 g/mol. The summed E-state index contributed by atoms with van der Waals surface area (Å²) in [5.74, 6) is 1.96. The van der Waals surface area contributed by atoms with Crippen LogP contribution < -0.4 is 0 Å². The molecule has 0 spiro atoms. The number of hydrogen-bond donors (Lipinski definition) is 0. The van der Waals surface area contributed by atoms with Crippen LogP contribution in [0.25, 0.3) is 0 Å². The highest BCUT2D eigenvalue weighted by molar-refractivity contribution is 4.75. The molecule has 0 N–H and O–H groups in total. The average Bonchev–Trinajstić information content (AvgIpc) is 2.15. The van der Waals surface area contributed by atoms with Crippen LogP contribution >= 0.6 is 0 Å². The van der Waals surface area contributed by atoms with Gasteiger partial charge in [-0.3, -0.25) is 0 Å². The van der Waals surface area contributed by atoms with E-state index >= 15 is 0 Å². The monoisotopic (exact) mass is 141 g/mol. The van der Waals surface area contributed by atoms with Crippen molar-refractivity contribution >= 4 is 0 Å². The summed E-state index contributed by atoms with van der Waals surface area (Å²) in [6.45, 7) is 3.68. The molecule has 0 bridgehead atoms. The second kappa shape index (κ2) is 3.38. The second-order valence-corrected chi connectivity index (χ2v) is 3.93. The maximum atomic E-state index is 2.39. The fourth-order valence-corrected chi connectivity index (χ4v) is 1.96. The van der Waals surface area contributed by atoms with Crippen molar-refractivity contribution in [2.45, 2.75) is 26.2 Å². The molecule has 0 radical (unpaired) electrons. The molecule has 1 nitrogen and oxygen atoms in total. The Hall–Kier alpha value is -0.0400. The van der Waals surface area contributed by atoms with Gasteiger partial charge >= 0.3 is 0 Å². The first-order valence-electron chi connectivity index (χ1n) is 4.35. The Balaban J connectivity index is 2.26. The Morgan fingerprint density at radius 2 is 2.00 bits per heavy atom. The first-order chi connectivity index (χ1) is 4.70. The van der Waals surface area contributed by atoms with Crippen LogP contribution in [-0.2, 0) is 0 Å². The Morgan fingerprint density at radius 1 is 1.30 bits per heavy atom. The maximum absolute atomic E-state index is 2.39. The van der Waals surface area contributed by atoms with Gasteiger partial charge in [-0.2, -0.15) is 0 Å². The van der Waals surface area contributed by atoms with Crippen LogP contribution in [0.15, 0.2) is 0 Å². The lowest BCUT2D eigenvalue weighted by Crippen LogP contribution is -2.22. The van der Waals surface area contributed by atoms with E-state index in [-0.39, 0.29) is 0 Å². The molecule has 1 fully saturated rings. The van der Waals surface area contributed by atoms with E-state index in [1.807, 2.05) is 0 Å². The maximum Gasteiger partial charge on any atom is 0.000610 e. The van der Waals surface area contributed by atoms with E-state index in [0.717, 1.165) is 11.8 Å². The molecule has 60 valence electrons. The summed E-state index contributed by atoms with van der Waals surface area (Å²) in [5, 5.41) is 0. The van der Waals surface area contributed by atoms with Crippen LogP contribution in [0.2, 0.25) is 0 Å².